The van der Waals surface area contributed by atoms with E-state index in [0.29, 0.717) is 0 Å². The van der Waals surface area contributed by atoms with E-state index in [0.717, 1.165) is 11.4 Å². The Bertz CT molecular complexity index is 671. The molecule has 0 saturated carbocycles. The van der Waals surface area contributed by atoms with Gasteiger partial charge in [0.25, 0.3) is 0 Å². The number of nitrogens with zero attached hydrogens (tertiary/aromatic N) is 1. The van der Waals surface area contributed by atoms with Gasteiger partial charge in [0.2, 0.25) is 0 Å². The molecule has 22 heavy (non-hydrogen) atoms. The third-order valence-corrected chi connectivity index (χ3v) is 3.23. The minimum Gasteiger partial charge on any atom is -0.497 e. The van der Waals surface area contributed by atoms with E-state index in [4.69, 9.17) is 28.6 Å². The topological polar surface area (TPSA) is 45.6 Å². The summed E-state index contributed by atoms with van der Waals surface area (Å²) in [5.41, 5.74) is 3.57. The zero-order chi connectivity index (χ0) is 15.9. The maximum atomic E-state index is 13.5. The SMILES string of the molecule is COc1ccc(NC(=S)N/N=C/c2c(F)cccc2Cl)cc1. The van der Waals surface area contributed by atoms with Gasteiger partial charge in [-0.3, -0.25) is 5.43 Å². The Morgan fingerprint density at radius 2 is 2.00 bits per heavy atom. The Hall–Kier alpha value is -2.18. The first-order valence-corrected chi connectivity index (χ1v) is 7.07. The quantitative estimate of drug-likeness (QED) is 0.506. The maximum absolute atomic E-state index is 13.5. The number of halogens is 2. The minimum atomic E-state index is -0.452. The smallest absolute Gasteiger partial charge is 0.191 e. The zero-order valence-corrected chi connectivity index (χ0v) is 13.2. The summed E-state index contributed by atoms with van der Waals surface area (Å²) in [6.07, 6.45) is 1.28. The lowest BCUT2D eigenvalue weighted by Gasteiger charge is -2.07. The average Bonchev–Trinajstić information content (AvgIpc) is 2.51. The molecule has 0 radical (unpaired) electrons. The molecule has 0 aliphatic heterocycles. The second kappa shape index (κ2) is 7.72. The number of thiocarbonyl (C=S) groups is 1. The molecule has 114 valence electrons. The molecule has 0 aromatic heterocycles. The van der Waals surface area contributed by atoms with Gasteiger partial charge in [0.05, 0.1) is 18.3 Å². The molecule has 2 N–H and O–H groups in total. The lowest BCUT2D eigenvalue weighted by Crippen LogP contribution is -2.23. The number of methoxy groups -OCH3 is 1. The number of rotatable bonds is 4. The van der Waals surface area contributed by atoms with Gasteiger partial charge in [0, 0.05) is 11.3 Å². The van der Waals surface area contributed by atoms with Crippen LogP contribution in [0.5, 0.6) is 5.75 Å². The van der Waals surface area contributed by atoms with E-state index in [2.05, 4.69) is 15.8 Å². The van der Waals surface area contributed by atoms with Crippen molar-refractivity contribution in [2.75, 3.05) is 12.4 Å². The van der Waals surface area contributed by atoms with Crippen LogP contribution in [0.2, 0.25) is 5.02 Å². The second-order valence-electron chi connectivity index (χ2n) is 4.19. The molecule has 0 bridgehead atoms. The summed E-state index contributed by atoms with van der Waals surface area (Å²) in [4.78, 5) is 0. The van der Waals surface area contributed by atoms with Crippen molar-refractivity contribution < 1.29 is 9.13 Å². The number of hydrogen-bond acceptors (Lipinski definition) is 3. The van der Waals surface area contributed by atoms with Crippen LogP contribution >= 0.6 is 23.8 Å². The molecule has 0 saturated heterocycles. The molecule has 0 unspecified atom stereocenters. The lowest BCUT2D eigenvalue weighted by atomic mass is 10.2. The van der Waals surface area contributed by atoms with E-state index in [1.807, 2.05) is 12.1 Å². The summed E-state index contributed by atoms with van der Waals surface area (Å²) in [6, 6.07) is 11.6. The Morgan fingerprint density at radius 3 is 2.64 bits per heavy atom. The highest BCUT2D eigenvalue weighted by atomic mass is 35.5. The fraction of sp³-hybridized carbons (Fsp3) is 0.0667. The molecule has 0 fully saturated rings. The fourth-order valence-electron chi connectivity index (χ4n) is 1.62. The second-order valence-corrected chi connectivity index (χ2v) is 5.00. The summed E-state index contributed by atoms with van der Waals surface area (Å²) < 4.78 is 18.6. The molecule has 0 amide bonds. The van der Waals surface area contributed by atoms with Gasteiger partial charge in [-0.25, -0.2) is 4.39 Å². The van der Waals surface area contributed by atoms with Gasteiger partial charge in [0.1, 0.15) is 11.6 Å². The van der Waals surface area contributed by atoms with Crippen LogP contribution in [0.4, 0.5) is 10.1 Å². The summed E-state index contributed by atoms with van der Waals surface area (Å²) in [6.45, 7) is 0. The highest BCUT2D eigenvalue weighted by molar-refractivity contribution is 7.80. The van der Waals surface area contributed by atoms with Crippen LogP contribution in [-0.4, -0.2) is 18.4 Å². The summed E-state index contributed by atoms with van der Waals surface area (Å²) in [7, 11) is 1.59. The van der Waals surface area contributed by atoms with Crippen molar-refractivity contribution in [1.29, 1.82) is 0 Å². The number of anilines is 1. The van der Waals surface area contributed by atoms with E-state index in [9.17, 15) is 4.39 Å². The number of ether oxygens (including phenoxy) is 1. The first-order chi connectivity index (χ1) is 10.6. The minimum absolute atomic E-state index is 0.198. The van der Waals surface area contributed by atoms with E-state index in [1.54, 1.807) is 25.3 Å². The molecular formula is C15H13ClFN3OS. The van der Waals surface area contributed by atoms with Crippen LogP contribution in [0.3, 0.4) is 0 Å². The number of hydrazone groups is 1. The Kier molecular flexibility index (Phi) is 5.68. The lowest BCUT2D eigenvalue weighted by molar-refractivity contribution is 0.415. The first kappa shape index (κ1) is 16.2. The van der Waals surface area contributed by atoms with Crippen molar-refractivity contribution in [3.05, 3.63) is 58.9 Å². The number of nitrogens with one attached hydrogen (secondary N) is 2. The first-order valence-electron chi connectivity index (χ1n) is 6.28. The van der Waals surface area contributed by atoms with Crippen LogP contribution in [-0.2, 0) is 0 Å². The van der Waals surface area contributed by atoms with Crippen molar-refractivity contribution in [2.45, 2.75) is 0 Å². The summed E-state index contributed by atoms with van der Waals surface area (Å²) in [5, 5.41) is 7.35. The molecule has 2 aromatic rings. The summed E-state index contributed by atoms with van der Waals surface area (Å²) >= 11 is 11.0. The van der Waals surface area contributed by atoms with Crippen molar-refractivity contribution in [3.8, 4) is 5.75 Å². The Labute approximate surface area is 137 Å². The Morgan fingerprint density at radius 1 is 1.27 bits per heavy atom. The molecule has 0 aliphatic carbocycles. The van der Waals surface area contributed by atoms with E-state index >= 15 is 0 Å². The average molecular weight is 338 g/mol. The molecule has 2 aromatic carbocycles. The highest BCUT2D eigenvalue weighted by Gasteiger charge is 2.03. The van der Waals surface area contributed by atoms with Gasteiger partial charge in [-0.2, -0.15) is 5.10 Å². The predicted molar refractivity (Wildman–Crippen MR) is 91.4 cm³/mol. The van der Waals surface area contributed by atoms with Gasteiger partial charge < -0.3 is 10.1 Å². The van der Waals surface area contributed by atoms with E-state index < -0.39 is 5.82 Å². The zero-order valence-electron chi connectivity index (χ0n) is 11.6. The van der Waals surface area contributed by atoms with Crippen molar-refractivity contribution >= 4 is 40.8 Å². The van der Waals surface area contributed by atoms with Crippen LogP contribution in [0, 0.1) is 5.82 Å². The van der Waals surface area contributed by atoms with Gasteiger partial charge >= 0.3 is 0 Å². The standard InChI is InChI=1S/C15H13ClFN3OS/c1-21-11-7-5-10(6-8-11)19-15(22)20-18-9-12-13(16)3-2-4-14(12)17/h2-9H,1H3,(H2,19,20,22)/b18-9+. The van der Waals surface area contributed by atoms with Crippen molar-refractivity contribution in [3.63, 3.8) is 0 Å². The van der Waals surface area contributed by atoms with Crippen molar-refractivity contribution in [1.82, 2.24) is 5.43 Å². The van der Waals surface area contributed by atoms with Gasteiger partial charge in [-0.15, -0.1) is 0 Å². The molecule has 0 spiro atoms. The molecule has 2 rings (SSSR count). The highest BCUT2D eigenvalue weighted by Crippen LogP contribution is 2.16. The summed E-state index contributed by atoms with van der Waals surface area (Å²) in [5.74, 6) is 0.295. The third-order valence-electron chi connectivity index (χ3n) is 2.71. The predicted octanol–water partition coefficient (Wildman–Crippen LogP) is 3.81. The van der Waals surface area contributed by atoms with Gasteiger partial charge in [-0.05, 0) is 48.6 Å². The number of benzene rings is 2. The van der Waals surface area contributed by atoms with Crippen molar-refractivity contribution in [2.24, 2.45) is 5.10 Å². The fourth-order valence-corrected chi connectivity index (χ4v) is 2.01. The van der Waals surface area contributed by atoms with Crippen LogP contribution in [0.1, 0.15) is 5.56 Å². The van der Waals surface area contributed by atoms with Gasteiger partial charge in [-0.1, -0.05) is 17.7 Å². The van der Waals surface area contributed by atoms with Crippen LogP contribution in [0.15, 0.2) is 47.6 Å². The largest absolute Gasteiger partial charge is 0.497 e. The van der Waals surface area contributed by atoms with Crippen LogP contribution in [0.25, 0.3) is 0 Å². The number of hydrogen-bond donors (Lipinski definition) is 2. The molecular weight excluding hydrogens is 325 g/mol. The van der Waals surface area contributed by atoms with E-state index in [1.165, 1.54) is 18.3 Å². The molecule has 7 heteroatoms. The normalized spacial score (nSPS) is 10.5. The molecule has 0 atom stereocenters. The van der Waals surface area contributed by atoms with Gasteiger partial charge in [0.15, 0.2) is 5.11 Å². The van der Waals surface area contributed by atoms with Crippen LogP contribution < -0.4 is 15.5 Å². The third kappa shape index (κ3) is 4.41. The Balaban J connectivity index is 1.93. The monoisotopic (exact) mass is 337 g/mol. The molecule has 0 aliphatic rings. The molecule has 4 nitrogen and oxygen atoms in total. The molecule has 0 heterocycles. The van der Waals surface area contributed by atoms with E-state index in [-0.39, 0.29) is 15.7 Å². The maximum Gasteiger partial charge on any atom is 0.191 e.